The van der Waals surface area contributed by atoms with Crippen LogP contribution >= 0.6 is 0 Å². The normalized spacial score (nSPS) is 11.8. The minimum atomic E-state index is -3.10. The molecule has 0 bridgehead atoms. The van der Waals surface area contributed by atoms with Gasteiger partial charge in [0.05, 0.1) is 0 Å². The Hall–Kier alpha value is -1.87. The van der Waals surface area contributed by atoms with Gasteiger partial charge in [0, 0.05) is 11.7 Å². The molecule has 0 spiro atoms. The molecule has 0 radical (unpaired) electrons. The van der Waals surface area contributed by atoms with Gasteiger partial charge in [0.2, 0.25) is 0 Å². The Morgan fingerprint density at radius 2 is 1.50 bits per heavy atom. The second-order valence-corrected chi connectivity index (χ2v) is 6.02. The molecule has 0 aliphatic carbocycles. The quantitative estimate of drug-likeness (QED) is 0.846. The molecule has 0 amide bonds. The molecule has 2 aromatic rings. The summed E-state index contributed by atoms with van der Waals surface area (Å²) in [6, 6.07) is 17.6. The monoisotopic (exact) mass is 258 g/mol. The van der Waals surface area contributed by atoms with Crippen molar-refractivity contribution < 1.29 is 8.42 Å². The summed E-state index contributed by atoms with van der Waals surface area (Å²) in [5.74, 6) is 0. The minimum absolute atomic E-state index is 0.897. The highest BCUT2D eigenvalue weighted by Gasteiger charge is 2.02. The second-order valence-electron chi connectivity index (χ2n) is 4.09. The largest absolute Gasteiger partial charge is 0.225 e. The third kappa shape index (κ3) is 3.31. The first-order valence-electron chi connectivity index (χ1n) is 5.59. The number of benzene rings is 2. The number of hydrogen-bond acceptors (Lipinski definition) is 2. The molecule has 0 aliphatic heterocycles. The van der Waals surface area contributed by atoms with Gasteiger partial charge in [-0.05, 0) is 22.8 Å². The maximum atomic E-state index is 11.2. The van der Waals surface area contributed by atoms with Crippen LogP contribution in [0.1, 0.15) is 5.56 Å². The molecule has 0 saturated carbocycles. The third-order valence-corrected chi connectivity index (χ3v) is 3.17. The first-order valence-corrected chi connectivity index (χ1v) is 7.54. The van der Waals surface area contributed by atoms with Crippen molar-refractivity contribution in [2.45, 2.75) is 0 Å². The van der Waals surface area contributed by atoms with E-state index in [4.69, 9.17) is 0 Å². The zero-order chi connectivity index (χ0) is 13.0. The Balaban J connectivity index is 2.48. The van der Waals surface area contributed by atoms with Crippen molar-refractivity contribution in [3.63, 3.8) is 0 Å². The van der Waals surface area contributed by atoms with Crippen LogP contribution in [0.5, 0.6) is 0 Å². The summed E-state index contributed by atoms with van der Waals surface area (Å²) >= 11 is 0. The van der Waals surface area contributed by atoms with Gasteiger partial charge in [-0.25, -0.2) is 8.42 Å². The Bertz CT molecular complexity index is 656. The van der Waals surface area contributed by atoms with E-state index in [0.29, 0.717) is 0 Å². The summed E-state index contributed by atoms with van der Waals surface area (Å²) in [5, 5.41) is 1.23. The predicted octanol–water partition coefficient (Wildman–Crippen LogP) is 3.37. The zero-order valence-electron chi connectivity index (χ0n) is 10.1. The lowest BCUT2D eigenvalue weighted by atomic mass is 10.00. The highest BCUT2D eigenvalue weighted by Crippen LogP contribution is 2.24. The summed E-state index contributed by atoms with van der Waals surface area (Å²) < 4.78 is 22.3. The third-order valence-electron chi connectivity index (χ3n) is 2.54. The molecule has 0 N–H and O–H groups in total. The molecule has 0 unspecified atom stereocenters. The van der Waals surface area contributed by atoms with Gasteiger partial charge in [-0.1, -0.05) is 54.6 Å². The van der Waals surface area contributed by atoms with Crippen LogP contribution in [-0.2, 0) is 9.84 Å². The van der Waals surface area contributed by atoms with Crippen LogP contribution in [0.25, 0.3) is 17.2 Å². The van der Waals surface area contributed by atoms with E-state index < -0.39 is 9.84 Å². The van der Waals surface area contributed by atoms with Gasteiger partial charge in [0.1, 0.15) is 0 Å². The summed E-state index contributed by atoms with van der Waals surface area (Å²) in [6.07, 6.45) is 2.83. The average molecular weight is 258 g/mol. The van der Waals surface area contributed by atoms with Crippen molar-refractivity contribution in [2.75, 3.05) is 6.26 Å². The molecule has 0 atom stereocenters. The van der Waals surface area contributed by atoms with Crippen LogP contribution < -0.4 is 0 Å². The lowest BCUT2D eigenvalue weighted by Crippen LogP contribution is -1.89. The van der Waals surface area contributed by atoms with E-state index in [9.17, 15) is 8.42 Å². The van der Waals surface area contributed by atoms with E-state index in [-0.39, 0.29) is 0 Å². The van der Waals surface area contributed by atoms with E-state index in [0.717, 1.165) is 16.7 Å². The molecule has 2 nitrogen and oxygen atoms in total. The fraction of sp³-hybridized carbons (Fsp3) is 0.0667. The van der Waals surface area contributed by atoms with E-state index >= 15 is 0 Å². The van der Waals surface area contributed by atoms with Crippen molar-refractivity contribution >= 4 is 15.9 Å². The average Bonchev–Trinajstić information content (AvgIpc) is 2.37. The van der Waals surface area contributed by atoms with Crippen molar-refractivity contribution in [3.8, 4) is 11.1 Å². The molecule has 3 heteroatoms. The number of rotatable bonds is 3. The Morgan fingerprint density at radius 1 is 0.889 bits per heavy atom. The van der Waals surface area contributed by atoms with E-state index in [1.54, 1.807) is 6.08 Å². The Kier molecular flexibility index (Phi) is 3.63. The molecule has 0 fully saturated rings. The Labute approximate surface area is 108 Å². The van der Waals surface area contributed by atoms with Crippen LogP contribution in [0.3, 0.4) is 0 Å². The Morgan fingerprint density at radius 3 is 2.17 bits per heavy atom. The van der Waals surface area contributed by atoms with Gasteiger partial charge in [-0.15, -0.1) is 0 Å². The molecule has 2 aromatic carbocycles. The summed E-state index contributed by atoms with van der Waals surface area (Å²) in [7, 11) is -3.10. The maximum absolute atomic E-state index is 11.2. The van der Waals surface area contributed by atoms with E-state index in [1.165, 1.54) is 11.7 Å². The first-order chi connectivity index (χ1) is 8.56. The summed E-state index contributed by atoms with van der Waals surface area (Å²) in [6.45, 7) is 0. The van der Waals surface area contributed by atoms with Gasteiger partial charge < -0.3 is 0 Å². The molecule has 0 saturated heterocycles. The van der Waals surface area contributed by atoms with Gasteiger partial charge in [-0.2, -0.15) is 0 Å². The minimum Gasteiger partial charge on any atom is -0.225 e. The first kappa shape index (κ1) is 12.6. The second kappa shape index (κ2) is 5.19. The fourth-order valence-corrected chi connectivity index (χ4v) is 2.11. The lowest BCUT2D eigenvalue weighted by molar-refractivity contribution is 0.610. The maximum Gasteiger partial charge on any atom is 0.168 e. The van der Waals surface area contributed by atoms with Crippen molar-refractivity contribution in [1.82, 2.24) is 0 Å². The number of hydrogen-bond donors (Lipinski definition) is 0. The molecule has 0 aromatic heterocycles. The predicted molar refractivity (Wildman–Crippen MR) is 75.8 cm³/mol. The highest BCUT2D eigenvalue weighted by molar-refractivity contribution is 7.93. The van der Waals surface area contributed by atoms with Crippen LogP contribution in [0.2, 0.25) is 0 Å². The van der Waals surface area contributed by atoms with Crippen LogP contribution in [-0.4, -0.2) is 14.7 Å². The fourth-order valence-electron chi connectivity index (χ4n) is 1.72. The highest BCUT2D eigenvalue weighted by atomic mass is 32.2. The molecular weight excluding hydrogens is 244 g/mol. The lowest BCUT2D eigenvalue weighted by Gasteiger charge is -2.05. The van der Waals surface area contributed by atoms with Gasteiger partial charge >= 0.3 is 0 Å². The van der Waals surface area contributed by atoms with Crippen LogP contribution in [0.15, 0.2) is 60.0 Å². The molecular formula is C15H14O2S. The van der Waals surface area contributed by atoms with Crippen LogP contribution in [0.4, 0.5) is 0 Å². The smallest absolute Gasteiger partial charge is 0.168 e. The number of sulfone groups is 1. The molecule has 18 heavy (non-hydrogen) atoms. The molecule has 92 valence electrons. The summed E-state index contributed by atoms with van der Waals surface area (Å²) in [5.41, 5.74) is 3.00. The zero-order valence-corrected chi connectivity index (χ0v) is 10.9. The van der Waals surface area contributed by atoms with Crippen molar-refractivity contribution in [3.05, 3.63) is 65.6 Å². The molecule has 0 heterocycles. The molecule has 2 rings (SSSR count). The molecule has 0 aliphatic rings. The van der Waals surface area contributed by atoms with Crippen molar-refractivity contribution in [1.29, 1.82) is 0 Å². The summed E-state index contributed by atoms with van der Waals surface area (Å²) in [4.78, 5) is 0. The van der Waals surface area contributed by atoms with Gasteiger partial charge in [0.15, 0.2) is 9.84 Å². The van der Waals surface area contributed by atoms with Gasteiger partial charge in [-0.3, -0.25) is 0 Å². The SMILES string of the molecule is CS(=O)(=O)/C=C/c1ccccc1-c1ccccc1. The van der Waals surface area contributed by atoms with Gasteiger partial charge in [0.25, 0.3) is 0 Å². The topological polar surface area (TPSA) is 34.1 Å². The van der Waals surface area contributed by atoms with Crippen molar-refractivity contribution in [2.24, 2.45) is 0 Å². The standard InChI is InChI=1S/C15H14O2S/c1-18(16,17)12-11-14-9-5-6-10-15(14)13-7-3-2-4-8-13/h2-12H,1H3/b12-11+. The van der Waals surface area contributed by atoms with Crippen LogP contribution in [0, 0.1) is 0 Å². The van der Waals surface area contributed by atoms with E-state index in [2.05, 4.69) is 0 Å². The van der Waals surface area contributed by atoms with E-state index in [1.807, 2.05) is 54.6 Å².